The van der Waals surface area contributed by atoms with Crippen molar-refractivity contribution in [3.8, 4) is 0 Å². The minimum Gasteiger partial charge on any atom is -0.273 e. The molecule has 180 valence electrons. The molecule has 32 heavy (non-hydrogen) atoms. The number of benzene rings is 1. The molecule has 6 nitrogen and oxygen atoms in total. The number of hydrazone groups is 1. The van der Waals surface area contributed by atoms with Crippen molar-refractivity contribution in [2.45, 2.75) is 110 Å². The summed E-state index contributed by atoms with van der Waals surface area (Å²) in [5, 5.41) is 14.8. The smallest absolute Gasteiger partial charge is 0.273 e. The van der Waals surface area contributed by atoms with Gasteiger partial charge in [0.05, 0.1) is 11.1 Å². The van der Waals surface area contributed by atoms with Crippen LogP contribution in [0.4, 0.5) is 5.69 Å². The van der Waals surface area contributed by atoms with Crippen LogP contribution in [0, 0.1) is 10.1 Å². The average molecular weight is 466 g/mol. The van der Waals surface area contributed by atoms with Gasteiger partial charge in [0.25, 0.3) is 5.69 Å². The third kappa shape index (κ3) is 14.2. The van der Waals surface area contributed by atoms with Gasteiger partial charge >= 0.3 is 0 Å². The van der Waals surface area contributed by atoms with Crippen molar-refractivity contribution in [1.82, 2.24) is 5.43 Å². The van der Waals surface area contributed by atoms with Gasteiger partial charge in [-0.25, -0.2) is 5.43 Å². The van der Waals surface area contributed by atoms with Gasteiger partial charge in [-0.05, 0) is 12.5 Å². The lowest BCUT2D eigenvalue weighted by Crippen LogP contribution is -2.16. The Morgan fingerprint density at radius 3 is 1.94 bits per heavy atom. The van der Waals surface area contributed by atoms with Gasteiger partial charge in [0, 0.05) is 18.1 Å². The number of nitro groups is 1. The first kappa shape index (κ1) is 28.1. The lowest BCUT2D eigenvalue weighted by Gasteiger charge is -2.03. The monoisotopic (exact) mass is 465 g/mol. The molecule has 1 amide bonds. The van der Waals surface area contributed by atoms with E-state index in [1.165, 1.54) is 102 Å². The number of carbonyl (C=O) groups is 1. The third-order valence-electron chi connectivity index (χ3n) is 5.58. The zero-order chi connectivity index (χ0) is 23.4. The molecule has 0 aromatic heterocycles. The highest BCUT2D eigenvalue weighted by molar-refractivity contribution is 6.32. The second kappa shape index (κ2) is 18.6. The summed E-state index contributed by atoms with van der Waals surface area (Å²) >= 11 is 5.77. The van der Waals surface area contributed by atoms with E-state index < -0.39 is 4.92 Å². The number of nitrogens with zero attached hydrogens (tertiary/aromatic N) is 2. The van der Waals surface area contributed by atoms with E-state index in [-0.39, 0.29) is 16.6 Å². The van der Waals surface area contributed by atoms with E-state index in [0.717, 1.165) is 12.8 Å². The van der Waals surface area contributed by atoms with Crippen LogP contribution >= 0.6 is 11.6 Å². The van der Waals surface area contributed by atoms with Gasteiger partial charge < -0.3 is 0 Å². The molecular weight excluding hydrogens is 426 g/mol. The lowest BCUT2D eigenvalue weighted by atomic mass is 10.0. The number of unbranched alkanes of at least 4 members (excludes halogenated alkanes) is 14. The molecular formula is C25H40ClN3O3. The number of carbonyl (C=O) groups excluding carboxylic acids is 1. The molecule has 7 heteroatoms. The molecule has 1 rings (SSSR count). The van der Waals surface area contributed by atoms with Crippen molar-refractivity contribution in [1.29, 1.82) is 0 Å². The summed E-state index contributed by atoms with van der Waals surface area (Å²) < 4.78 is 0. The molecule has 0 saturated heterocycles. The summed E-state index contributed by atoms with van der Waals surface area (Å²) in [6, 6.07) is 4.38. The number of rotatable bonds is 19. The molecule has 1 N–H and O–H groups in total. The Labute approximate surface area is 198 Å². The van der Waals surface area contributed by atoms with Gasteiger partial charge in [-0.1, -0.05) is 114 Å². The van der Waals surface area contributed by atoms with Gasteiger partial charge in [-0.2, -0.15) is 5.10 Å². The van der Waals surface area contributed by atoms with Crippen LogP contribution in [0.5, 0.6) is 0 Å². The first-order chi connectivity index (χ1) is 15.5. The molecule has 1 aromatic rings. The van der Waals surface area contributed by atoms with Crippen LogP contribution in [0.3, 0.4) is 0 Å². The molecule has 0 unspecified atom stereocenters. The number of nitro benzene ring substituents is 1. The predicted octanol–water partition coefficient (Wildman–Crippen LogP) is 7.96. The van der Waals surface area contributed by atoms with E-state index in [4.69, 9.17) is 11.6 Å². The van der Waals surface area contributed by atoms with Crippen LogP contribution < -0.4 is 5.43 Å². The van der Waals surface area contributed by atoms with Gasteiger partial charge in [0.15, 0.2) is 0 Å². The number of halogens is 1. The highest BCUT2D eigenvalue weighted by atomic mass is 35.5. The summed E-state index contributed by atoms with van der Waals surface area (Å²) in [6.07, 6.45) is 21.2. The molecule has 1 aromatic carbocycles. The topological polar surface area (TPSA) is 84.6 Å². The Morgan fingerprint density at radius 2 is 1.44 bits per heavy atom. The average Bonchev–Trinajstić information content (AvgIpc) is 2.77. The van der Waals surface area contributed by atoms with Crippen molar-refractivity contribution >= 4 is 29.4 Å². The van der Waals surface area contributed by atoms with E-state index in [1.807, 2.05) is 0 Å². The normalized spacial score (nSPS) is 11.2. The first-order valence-electron chi connectivity index (χ1n) is 12.3. The summed E-state index contributed by atoms with van der Waals surface area (Å²) in [4.78, 5) is 22.2. The zero-order valence-corrected chi connectivity index (χ0v) is 20.4. The predicted molar refractivity (Wildman–Crippen MR) is 133 cm³/mol. The van der Waals surface area contributed by atoms with Gasteiger partial charge in [0.1, 0.15) is 5.02 Å². The molecule has 0 heterocycles. The lowest BCUT2D eigenvalue weighted by molar-refractivity contribution is -0.384. The minimum absolute atomic E-state index is 0.0735. The Hall–Kier alpha value is -1.95. The van der Waals surface area contributed by atoms with Crippen LogP contribution in [-0.4, -0.2) is 17.0 Å². The standard InChI is InChI=1S/C25H40ClN3O3/c1-2-3-4-5-6-7-8-9-10-11-12-13-14-15-16-17-25(30)28-27-21-22-18-19-23(26)24(20-22)29(31)32/h18-21H,2-17H2,1H3,(H,28,30)/b27-21-. The summed E-state index contributed by atoms with van der Waals surface area (Å²) in [7, 11) is 0. The van der Waals surface area contributed by atoms with Gasteiger partial charge in [0.2, 0.25) is 5.91 Å². The van der Waals surface area contributed by atoms with Crippen LogP contribution in [0.1, 0.15) is 115 Å². The van der Waals surface area contributed by atoms with Crippen LogP contribution in [0.2, 0.25) is 5.02 Å². The Balaban J connectivity index is 1.96. The third-order valence-corrected chi connectivity index (χ3v) is 5.90. The van der Waals surface area contributed by atoms with E-state index in [1.54, 1.807) is 6.07 Å². The van der Waals surface area contributed by atoms with Gasteiger partial charge in [-0.3, -0.25) is 14.9 Å². The Morgan fingerprint density at radius 1 is 0.938 bits per heavy atom. The van der Waals surface area contributed by atoms with Crippen LogP contribution in [-0.2, 0) is 4.79 Å². The SMILES string of the molecule is CCCCCCCCCCCCCCCCCC(=O)N/N=C\c1ccc(Cl)c([N+](=O)[O-])c1. The fraction of sp³-hybridized carbons (Fsp3) is 0.680. The van der Waals surface area contributed by atoms with E-state index in [0.29, 0.717) is 12.0 Å². The highest BCUT2D eigenvalue weighted by Crippen LogP contribution is 2.24. The van der Waals surface area contributed by atoms with Crippen molar-refractivity contribution in [2.24, 2.45) is 5.10 Å². The van der Waals surface area contributed by atoms with Crippen molar-refractivity contribution in [3.05, 3.63) is 38.9 Å². The summed E-state index contributed by atoms with van der Waals surface area (Å²) in [5.41, 5.74) is 2.80. The van der Waals surface area contributed by atoms with E-state index in [9.17, 15) is 14.9 Å². The summed E-state index contributed by atoms with van der Waals surface area (Å²) in [6.45, 7) is 2.26. The first-order valence-corrected chi connectivity index (χ1v) is 12.7. The van der Waals surface area contributed by atoms with Crippen molar-refractivity contribution in [2.75, 3.05) is 0 Å². The van der Waals surface area contributed by atoms with Crippen molar-refractivity contribution < 1.29 is 9.72 Å². The molecule has 0 aliphatic carbocycles. The summed E-state index contributed by atoms with van der Waals surface area (Å²) in [5.74, 6) is -0.139. The van der Waals surface area contributed by atoms with Crippen LogP contribution in [0.15, 0.2) is 23.3 Å². The Bertz CT molecular complexity index is 695. The number of hydrogen-bond donors (Lipinski definition) is 1. The van der Waals surface area contributed by atoms with Gasteiger partial charge in [-0.15, -0.1) is 0 Å². The Kier molecular flexibility index (Phi) is 16.3. The molecule has 0 spiro atoms. The molecule has 0 radical (unpaired) electrons. The second-order valence-corrected chi connectivity index (χ2v) is 8.87. The van der Waals surface area contributed by atoms with E-state index in [2.05, 4.69) is 17.5 Å². The largest absolute Gasteiger partial charge is 0.288 e. The molecule has 0 aliphatic rings. The number of hydrogen-bond acceptors (Lipinski definition) is 4. The number of amides is 1. The minimum atomic E-state index is -0.547. The molecule has 0 fully saturated rings. The fourth-order valence-electron chi connectivity index (χ4n) is 3.64. The molecule has 0 atom stereocenters. The van der Waals surface area contributed by atoms with Crippen LogP contribution in [0.25, 0.3) is 0 Å². The maximum absolute atomic E-state index is 11.8. The quantitative estimate of drug-likeness (QED) is 0.0972. The fourth-order valence-corrected chi connectivity index (χ4v) is 3.83. The maximum atomic E-state index is 11.8. The molecule has 0 bridgehead atoms. The van der Waals surface area contributed by atoms with Crippen molar-refractivity contribution in [3.63, 3.8) is 0 Å². The van der Waals surface area contributed by atoms with E-state index >= 15 is 0 Å². The maximum Gasteiger partial charge on any atom is 0.288 e. The molecule has 0 saturated carbocycles. The highest BCUT2D eigenvalue weighted by Gasteiger charge is 2.11. The second-order valence-electron chi connectivity index (χ2n) is 8.46. The molecule has 0 aliphatic heterocycles. The number of nitrogens with one attached hydrogen (secondary N) is 1. The zero-order valence-electron chi connectivity index (χ0n) is 19.6.